The summed E-state index contributed by atoms with van der Waals surface area (Å²) in [6.45, 7) is 5.99. The maximum Gasteiger partial charge on any atom is 0.262 e. The maximum atomic E-state index is 13.5. The molecule has 12 heteroatoms. The third-order valence-electron chi connectivity index (χ3n) is 8.09. The van der Waals surface area contributed by atoms with Gasteiger partial charge in [0, 0.05) is 21.7 Å². The second-order valence-corrected chi connectivity index (χ2v) is 25.9. The smallest absolute Gasteiger partial charge is 0.262 e. The van der Waals surface area contributed by atoms with Gasteiger partial charge in [-0.15, -0.1) is 0 Å². The Morgan fingerprint density at radius 3 is 2.53 bits per heavy atom. The summed E-state index contributed by atoms with van der Waals surface area (Å²) < 4.78 is 9.34. The van der Waals surface area contributed by atoms with Crippen molar-refractivity contribution in [1.29, 1.82) is 0 Å². The van der Waals surface area contributed by atoms with Crippen LogP contribution in [0.5, 0.6) is 5.75 Å². The van der Waals surface area contributed by atoms with Crippen LogP contribution in [0.25, 0.3) is 10.9 Å². The number of ether oxygens (including phenoxy) is 1. The molecule has 1 N–H and O–H groups in total. The molecule has 2 aliphatic rings. The normalized spacial score (nSPS) is 15.8. The van der Waals surface area contributed by atoms with E-state index in [-0.39, 0.29) is 18.2 Å². The van der Waals surface area contributed by atoms with Gasteiger partial charge in [-0.3, -0.25) is 14.2 Å². The molecule has 0 bridgehead atoms. The zero-order valence-corrected chi connectivity index (χ0v) is 29.6. The number of benzene rings is 2. The summed E-state index contributed by atoms with van der Waals surface area (Å²) in [5.74, 6) is 3.05. The summed E-state index contributed by atoms with van der Waals surface area (Å²) in [5, 5.41) is 4.47. The molecule has 2 aromatic carbocycles. The van der Waals surface area contributed by atoms with Crippen molar-refractivity contribution >= 4 is 73.6 Å². The molecule has 8 nitrogen and oxygen atoms in total. The Labute approximate surface area is 270 Å². The van der Waals surface area contributed by atoms with E-state index in [4.69, 9.17) is 16.3 Å². The van der Waals surface area contributed by atoms with E-state index in [1.807, 2.05) is 25.1 Å². The minimum absolute atomic E-state index is 0.0660. The third-order valence-corrected chi connectivity index (χ3v) is 25.4. The predicted molar refractivity (Wildman–Crippen MR) is 178 cm³/mol. The van der Waals surface area contributed by atoms with E-state index in [0.29, 0.717) is 35.3 Å². The number of fused-ring (bicyclic) bond motifs is 2. The Bertz CT molecular complexity index is 1470. The van der Waals surface area contributed by atoms with Gasteiger partial charge in [-0.25, -0.2) is 0 Å². The van der Waals surface area contributed by atoms with E-state index in [1.54, 1.807) is 35.9 Å². The molecule has 0 unspecified atom stereocenters. The first-order valence-corrected chi connectivity index (χ1v) is 24.3. The molecule has 0 atom stereocenters. The molecule has 43 heavy (non-hydrogen) atoms. The Morgan fingerprint density at radius 1 is 1.02 bits per heavy atom. The Morgan fingerprint density at radius 2 is 1.77 bits per heavy atom. The van der Waals surface area contributed by atoms with E-state index in [2.05, 4.69) is 33.2 Å². The Hall–Kier alpha value is -2.02. The number of halogens is 1. The maximum absolute atomic E-state index is 13.5. The molecule has 3 heterocycles. The van der Waals surface area contributed by atoms with Crippen LogP contribution in [0.15, 0.2) is 42.5 Å². The zero-order valence-electron chi connectivity index (χ0n) is 24.8. The molecule has 0 radical (unpaired) electrons. The minimum Gasteiger partial charge on any atom is -0.280 e. The van der Waals surface area contributed by atoms with Crippen molar-refractivity contribution in [3.8, 4) is 5.75 Å². The number of methoxy groups -OCH3 is 1. The number of nitrogens with zero attached hydrogens (tertiary/aromatic N) is 3. The summed E-state index contributed by atoms with van der Waals surface area (Å²) in [6, 6.07) is 12.4. The first kappa shape index (κ1) is 32.4. The fraction of sp³-hybridized carbons (Fsp3) is 0.452. The average Bonchev–Trinajstić information content (AvgIpc) is 3.57. The quantitative estimate of drug-likeness (QED) is 0.220. The number of hydrogen-bond acceptors (Lipinski definition) is 7. The zero-order chi connectivity index (χ0) is 30.3. The van der Waals surface area contributed by atoms with Crippen molar-refractivity contribution in [3.63, 3.8) is 0 Å². The molecule has 2 saturated heterocycles. The van der Waals surface area contributed by atoms with Crippen LogP contribution in [0.1, 0.15) is 47.3 Å². The third kappa shape index (κ3) is 7.98. The molecule has 0 saturated carbocycles. The Kier molecular flexibility index (Phi) is 11.5. The van der Waals surface area contributed by atoms with E-state index in [0.717, 1.165) is 79.0 Å². The summed E-state index contributed by atoms with van der Waals surface area (Å²) in [7, 11) is 5.76. The van der Waals surface area contributed by atoms with Crippen LogP contribution < -0.4 is 10.1 Å². The van der Waals surface area contributed by atoms with Crippen molar-refractivity contribution in [2.24, 2.45) is 0 Å². The molecular formula is C31H38ClGaN4O4S2. The molecule has 2 aliphatic heterocycles. The van der Waals surface area contributed by atoms with Crippen molar-refractivity contribution in [3.05, 3.63) is 64.3 Å². The SMILES string of the molecule is COc1ccc2c(c1)c(CC(=O)NCCCCCCN1CC[S][Ga]3[S]CC[N]3C(=O)C1)c(C)n2C(=O)c1ccc(Cl)cc1. The molecule has 0 aliphatic carbocycles. The molecule has 0 spiro atoms. The van der Waals surface area contributed by atoms with Crippen molar-refractivity contribution in [2.75, 3.05) is 51.3 Å². The molecule has 5 rings (SSSR count). The van der Waals surface area contributed by atoms with Gasteiger partial charge in [-0.1, -0.05) is 11.6 Å². The predicted octanol–water partition coefficient (Wildman–Crippen LogP) is 5.13. The Balaban J connectivity index is 1.11. The van der Waals surface area contributed by atoms with Crippen molar-refractivity contribution < 1.29 is 19.1 Å². The minimum atomic E-state index is -1.64. The number of carbonyl (C=O) groups is 3. The monoisotopic (exact) mass is 698 g/mol. The first-order valence-electron chi connectivity index (χ1n) is 14.9. The fourth-order valence-electron chi connectivity index (χ4n) is 5.72. The topological polar surface area (TPSA) is 83.9 Å². The number of rotatable bonds is 11. The van der Waals surface area contributed by atoms with E-state index >= 15 is 0 Å². The van der Waals surface area contributed by atoms with Gasteiger partial charge in [0.05, 0.1) is 19.0 Å². The van der Waals surface area contributed by atoms with Crippen LogP contribution in [0.4, 0.5) is 0 Å². The van der Waals surface area contributed by atoms with Gasteiger partial charge in [0.1, 0.15) is 5.75 Å². The van der Waals surface area contributed by atoms with E-state index in [9.17, 15) is 14.4 Å². The number of hydrogen-bond donors (Lipinski definition) is 1. The van der Waals surface area contributed by atoms with Gasteiger partial charge in [0.2, 0.25) is 0 Å². The van der Waals surface area contributed by atoms with Gasteiger partial charge in [0.15, 0.2) is 0 Å². The number of aromatic nitrogens is 1. The standard InChI is InChI=1S/C31H41ClN4O4S2.Ga/c1-22-26(20-29(37)33-13-5-3-4-6-15-35(16-18-42)21-30(38)34-14-17-41)27-19-25(40-2)11-12-28(27)36(22)31(39)23-7-9-24(32)10-8-23;/h7-12,19H,3-6,13-18,20-21H2,1-2H3,(H4,33,34,37,38,41,42);/q;+3/p-3. The summed E-state index contributed by atoms with van der Waals surface area (Å²) in [4.78, 5) is 41.5. The van der Waals surface area contributed by atoms with Crippen LogP contribution in [0, 0.1) is 6.92 Å². The van der Waals surface area contributed by atoms with Gasteiger partial charge in [-0.05, 0) is 55.0 Å². The van der Waals surface area contributed by atoms with Crippen molar-refractivity contribution in [1.82, 2.24) is 18.4 Å². The summed E-state index contributed by atoms with van der Waals surface area (Å²) in [5.41, 5.74) is 2.82. The van der Waals surface area contributed by atoms with Crippen LogP contribution >= 0.6 is 31.0 Å². The number of amides is 2. The molecule has 3 aromatic rings. The molecule has 228 valence electrons. The number of carbonyl (C=O) groups excluding carboxylic acids is 3. The van der Waals surface area contributed by atoms with Crippen LogP contribution in [0.3, 0.4) is 0 Å². The largest absolute Gasteiger partial charge is 0.280 e. The van der Waals surface area contributed by atoms with Crippen LogP contribution in [-0.4, -0.2) is 96.1 Å². The van der Waals surface area contributed by atoms with Gasteiger partial charge in [-0.2, -0.15) is 0 Å². The molecular weight excluding hydrogens is 662 g/mol. The van der Waals surface area contributed by atoms with Gasteiger partial charge < -0.3 is 4.74 Å². The van der Waals surface area contributed by atoms with Crippen LogP contribution in [-0.2, 0) is 16.0 Å². The second-order valence-electron chi connectivity index (χ2n) is 10.9. The van der Waals surface area contributed by atoms with Gasteiger partial charge in [0.25, 0.3) is 5.91 Å². The van der Waals surface area contributed by atoms with Crippen molar-refractivity contribution in [2.45, 2.75) is 39.0 Å². The fourth-order valence-corrected chi connectivity index (χ4v) is 22.7. The molecule has 2 fully saturated rings. The summed E-state index contributed by atoms with van der Waals surface area (Å²) >= 11 is 4.39. The number of unbranched alkanes of at least 4 members (excludes halogenated alkanes) is 3. The summed E-state index contributed by atoms with van der Waals surface area (Å²) in [6.07, 6.45) is 4.25. The van der Waals surface area contributed by atoms with Crippen LogP contribution in [0.2, 0.25) is 5.02 Å². The molecule has 2 amide bonds. The first-order chi connectivity index (χ1) is 20.9. The molecule has 1 aromatic heterocycles. The second kappa shape index (κ2) is 15.3. The number of nitrogens with one attached hydrogen (secondary N) is 1. The van der Waals surface area contributed by atoms with Gasteiger partial charge >= 0.3 is 134 Å². The van der Waals surface area contributed by atoms with E-state index in [1.165, 1.54) is 0 Å². The van der Waals surface area contributed by atoms with E-state index < -0.39 is 14.0 Å². The average molecular weight is 700 g/mol.